The van der Waals surface area contributed by atoms with Crippen LogP contribution >= 0.6 is 0 Å². The lowest BCUT2D eigenvalue weighted by Crippen LogP contribution is -2.50. The fourth-order valence-corrected chi connectivity index (χ4v) is 3.16. The molecule has 1 aromatic rings. The predicted octanol–water partition coefficient (Wildman–Crippen LogP) is 2.50. The van der Waals surface area contributed by atoms with Crippen LogP contribution in [0, 0.1) is 5.92 Å². The molecule has 0 bridgehead atoms. The average molecular weight is 304 g/mol. The van der Waals surface area contributed by atoms with Crippen molar-refractivity contribution in [3.63, 3.8) is 0 Å². The molecule has 2 heterocycles. The highest BCUT2D eigenvalue weighted by Gasteiger charge is 2.26. The minimum absolute atomic E-state index is 0.178. The zero-order chi connectivity index (χ0) is 15.5. The second-order valence-electron chi connectivity index (χ2n) is 5.86. The molecule has 0 atom stereocenters. The Morgan fingerprint density at radius 2 is 1.77 bits per heavy atom. The van der Waals surface area contributed by atoms with E-state index in [0.717, 1.165) is 56.2 Å². The Kier molecular flexibility index (Phi) is 4.41. The van der Waals surface area contributed by atoms with Crippen molar-refractivity contribution < 1.29 is 14.3 Å². The van der Waals surface area contributed by atoms with E-state index in [1.54, 1.807) is 0 Å². The number of hydrogen-bond donors (Lipinski definition) is 0. The minimum Gasteiger partial charge on any atom is -0.454 e. The van der Waals surface area contributed by atoms with E-state index in [9.17, 15) is 4.79 Å². The van der Waals surface area contributed by atoms with Gasteiger partial charge in [0.05, 0.1) is 0 Å². The molecule has 0 radical (unpaired) electrons. The van der Waals surface area contributed by atoms with Gasteiger partial charge in [0, 0.05) is 43.9 Å². The summed E-state index contributed by atoms with van der Waals surface area (Å²) in [6.45, 7) is 7.81. The van der Waals surface area contributed by atoms with Gasteiger partial charge in [-0.15, -0.1) is 0 Å². The zero-order valence-corrected chi connectivity index (χ0v) is 13.4. The van der Waals surface area contributed by atoms with E-state index < -0.39 is 0 Å². The van der Waals surface area contributed by atoms with E-state index in [0.29, 0.717) is 12.7 Å². The lowest BCUT2D eigenvalue weighted by molar-refractivity contribution is -0.136. The molecule has 2 aliphatic rings. The smallest absolute Gasteiger partial charge is 0.231 e. The molecule has 0 aromatic heterocycles. The average Bonchev–Trinajstić information content (AvgIpc) is 3.03. The molecule has 0 spiro atoms. The van der Waals surface area contributed by atoms with E-state index in [4.69, 9.17) is 9.47 Å². The number of rotatable bonds is 4. The number of anilines is 1. The number of hydrogen-bond acceptors (Lipinski definition) is 4. The molecule has 5 nitrogen and oxygen atoms in total. The molecular formula is C17H24N2O3. The van der Waals surface area contributed by atoms with Gasteiger partial charge in [-0.1, -0.05) is 13.8 Å². The first-order valence-electron chi connectivity index (χ1n) is 8.16. The third-order valence-corrected chi connectivity index (χ3v) is 4.65. The molecule has 0 aliphatic carbocycles. The van der Waals surface area contributed by atoms with Crippen LogP contribution in [0.1, 0.15) is 26.7 Å². The highest BCUT2D eigenvalue weighted by molar-refractivity contribution is 5.79. The van der Waals surface area contributed by atoms with E-state index in [1.807, 2.05) is 17.0 Å². The summed E-state index contributed by atoms with van der Waals surface area (Å²) >= 11 is 0. The number of amides is 1. The highest BCUT2D eigenvalue weighted by Crippen LogP contribution is 2.35. The first-order chi connectivity index (χ1) is 10.7. The van der Waals surface area contributed by atoms with Crippen molar-refractivity contribution in [3.8, 4) is 11.5 Å². The second-order valence-corrected chi connectivity index (χ2v) is 5.86. The van der Waals surface area contributed by atoms with Crippen molar-refractivity contribution in [1.82, 2.24) is 4.90 Å². The van der Waals surface area contributed by atoms with Gasteiger partial charge in [0.25, 0.3) is 0 Å². The summed E-state index contributed by atoms with van der Waals surface area (Å²) < 4.78 is 10.8. The molecule has 0 saturated carbocycles. The summed E-state index contributed by atoms with van der Waals surface area (Å²) in [7, 11) is 0. The van der Waals surface area contributed by atoms with Gasteiger partial charge in [-0.3, -0.25) is 4.79 Å². The third kappa shape index (κ3) is 2.85. The van der Waals surface area contributed by atoms with Crippen molar-refractivity contribution >= 4 is 11.6 Å². The van der Waals surface area contributed by atoms with Gasteiger partial charge < -0.3 is 19.3 Å². The number of carbonyl (C=O) groups is 1. The molecule has 1 aromatic carbocycles. The topological polar surface area (TPSA) is 42.0 Å². The maximum Gasteiger partial charge on any atom is 0.231 e. The van der Waals surface area contributed by atoms with Crippen LogP contribution in [0.4, 0.5) is 5.69 Å². The van der Waals surface area contributed by atoms with Crippen molar-refractivity contribution in [2.45, 2.75) is 26.7 Å². The molecule has 120 valence electrons. The summed E-state index contributed by atoms with van der Waals surface area (Å²) in [6, 6.07) is 6.05. The number of benzene rings is 1. The van der Waals surface area contributed by atoms with E-state index in [2.05, 4.69) is 24.8 Å². The van der Waals surface area contributed by atoms with Crippen molar-refractivity contribution in [3.05, 3.63) is 18.2 Å². The van der Waals surface area contributed by atoms with Gasteiger partial charge >= 0.3 is 0 Å². The quantitative estimate of drug-likeness (QED) is 0.857. The van der Waals surface area contributed by atoms with Crippen LogP contribution in [0.25, 0.3) is 0 Å². The number of carbonyl (C=O) groups excluding carboxylic acids is 1. The fraction of sp³-hybridized carbons (Fsp3) is 0.588. The molecule has 5 heteroatoms. The van der Waals surface area contributed by atoms with E-state index in [1.165, 1.54) is 0 Å². The van der Waals surface area contributed by atoms with Gasteiger partial charge in [0.2, 0.25) is 12.7 Å². The largest absolute Gasteiger partial charge is 0.454 e. The summed E-state index contributed by atoms with van der Waals surface area (Å²) in [5.74, 6) is 2.12. The molecule has 22 heavy (non-hydrogen) atoms. The number of ether oxygens (including phenoxy) is 2. The molecule has 1 amide bonds. The molecule has 1 saturated heterocycles. The van der Waals surface area contributed by atoms with E-state index in [-0.39, 0.29) is 5.92 Å². The molecule has 0 N–H and O–H groups in total. The van der Waals surface area contributed by atoms with Crippen LogP contribution in [-0.2, 0) is 4.79 Å². The second kappa shape index (κ2) is 6.46. The number of fused-ring (bicyclic) bond motifs is 1. The maximum absolute atomic E-state index is 12.4. The van der Waals surface area contributed by atoms with Gasteiger partial charge in [0.1, 0.15) is 0 Å². The molecular weight excluding hydrogens is 280 g/mol. The maximum atomic E-state index is 12.4. The Morgan fingerprint density at radius 1 is 1.09 bits per heavy atom. The Bertz CT molecular complexity index is 535. The van der Waals surface area contributed by atoms with Crippen LogP contribution in [0.2, 0.25) is 0 Å². The summed E-state index contributed by atoms with van der Waals surface area (Å²) in [4.78, 5) is 16.7. The SMILES string of the molecule is CCC(CC)C(=O)N1CCN(c2ccc3c(c2)OCO3)CC1. The van der Waals surface area contributed by atoms with Crippen molar-refractivity contribution in [2.24, 2.45) is 5.92 Å². The zero-order valence-electron chi connectivity index (χ0n) is 13.4. The van der Waals surface area contributed by atoms with Gasteiger partial charge in [-0.2, -0.15) is 0 Å². The first-order valence-corrected chi connectivity index (χ1v) is 8.16. The highest BCUT2D eigenvalue weighted by atomic mass is 16.7. The molecule has 0 unspecified atom stereocenters. The first kappa shape index (κ1) is 15.0. The molecule has 1 fully saturated rings. The lowest BCUT2D eigenvalue weighted by atomic mass is 10.0. The Balaban J connectivity index is 1.61. The Labute approximate surface area is 131 Å². The Hall–Kier alpha value is -1.91. The van der Waals surface area contributed by atoms with Crippen molar-refractivity contribution in [2.75, 3.05) is 37.9 Å². The number of nitrogens with zero attached hydrogens (tertiary/aromatic N) is 2. The van der Waals surface area contributed by atoms with Crippen molar-refractivity contribution in [1.29, 1.82) is 0 Å². The summed E-state index contributed by atoms with van der Waals surface area (Å²) in [5.41, 5.74) is 1.14. The summed E-state index contributed by atoms with van der Waals surface area (Å²) in [6.07, 6.45) is 1.86. The van der Waals surface area contributed by atoms with Gasteiger partial charge in [-0.25, -0.2) is 0 Å². The van der Waals surface area contributed by atoms with Crippen LogP contribution in [0.15, 0.2) is 18.2 Å². The van der Waals surface area contributed by atoms with Gasteiger partial charge in [0.15, 0.2) is 11.5 Å². The van der Waals surface area contributed by atoms with Crippen LogP contribution in [0.5, 0.6) is 11.5 Å². The van der Waals surface area contributed by atoms with Crippen LogP contribution < -0.4 is 14.4 Å². The number of piperazine rings is 1. The van der Waals surface area contributed by atoms with E-state index >= 15 is 0 Å². The van der Waals surface area contributed by atoms with Crippen LogP contribution in [0.3, 0.4) is 0 Å². The monoisotopic (exact) mass is 304 g/mol. The van der Waals surface area contributed by atoms with Crippen LogP contribution in [-0.4, -0.2) is 43.8 Å². The third-order valence-electron chi connectivity index (χ3n) is 4.65. The molecule has 2 aliphatic heterocycles. The predicted molar refractivity (Wildman–Crippen MR) is 85.4 cm³/mol. The normalized spacial score (nSPS) is 17.2. The standard InChI is InChI=1S/C17H24N2O3/c1-3-13(4-2)17(20)19-9-7-18(8-10-19)14-5-6-15-16(11-14)22-12-21-15/h5-6,11,13H,3-4,7-10,12H2,1-2H3. The summed E-state index contributed by atoms with van der Waals surface area (Å²) in [5, 5.41) is 0. The molecule has 3 rings (SSSR count). The van der Waals surface area contributed by atoms with Gasteiger partial charge in [-0.05, 0) is 25.0 Å². The Morgan fingerprint density at radius 3 is 2.45 bits per heavy atom. The fourth-order valence-electron chi connectivity index (χ4n) is 3.16. The lowest BCUT2D eigenvalue weighted by Gasteiger charge is -2.37. The minimum atomic E-state index is 0.178.